The van der Waals surface area contributed by atoms with E-state index >= 15 is 0 Å². The van der Waals surface area contributed by atoms with Crippen LogP contribution in [0.25, 0.3) is 0 Å². The number of carboxylic acids is 1. The van der Waals surface area contributed by atoms with Crippen LogP contribution in [-0.4, -0.2) is 34.8 Å². The summed E-state index contributed by atoms with van der Waals surface area (Å²) < 4.78 is 0. The fraction of sp³-hybridized carbons (Fsp3) is 0.308. The van der Waals surface area contributed by atoms with Crippen molar-refractivity contribution in [3.8, 4) is 0 Å². The number of hydrogen-bond acceptors (Lipinski definition) is 3. The Balaban J connectivity index is 2.12. The number of rotatable bonds is 2. The lowest BCUT2D eigenvalue weighted by atomic mass is 10.0. The SMILES string of the molecule is CN(Cc1ccc2c(c1)CCC(=O)N2)C(=O)C(=O)O. The van der Waals surface area contributed by atoms with Crippen LogP contribution >= 0.6 is 0 Å². The summed E-state index contributed by atoms with van der Waals surface area (Å²) in [5.41, 5.74) is 2.63. The molecule has 6 heteroatoms. The van der Waals surface area contributed by atoms with E-state index in [2.05, 4.69) is 5.32 Å². The largest absolute Gasteiger partial charge is 0.474 e. The Bertz CT molecular complexity index is 554. The van der Waals surface area contributed by atoms with Crippen LogP contribution in [0, 0.1) is 0 Å². The number of nitrogens with one attached hydrogen (secondary N) is 1. The molecule has 19 heavy (non-hydrogen) atoms. The normalized spacial score (nSPS) is 13.4. The lowest BCUT2D eigenvalue weighted by molar-refractivity contribution is -0.155. The van der Waals surface area contributed by atoms with Crippen LogP contribution in [0.2, 0.25) is 0 Å². The smallest absolute Gasteiger partial charge is 0.394 e. The molecule has 0 spiro atoms. The van der Waals surface area contributed by atoms with Gasteiger partial charge in [-0.25, -0.2) is 4.79 Å². The van der Waals surface area contributed by atoms with Gasteiger partial charge in [0.1, 0.15) is 0 Å². The highest BCUT2D eigenvalue weighted by Gasteiger charge is 2.19. The number of carbonyl (C=O) groups excluding carboxylic acids is 2. The minimum absolute atomic E-state index is 0.00146. The lowest BCUT2D eigenvalue weighted by Gasteiger charge is -2.19. The highest BCUT2D eigenvalue weighted by Crippen LogP contribution is 2.23. The maximum atomic E-state index is 11.2. The third kappa shape index (κ3) is 2.90. The van der Waals surface area contributed by atoms with Gasteiger partial charge in [-0.3, -0.25) is 9.59 Å². The van der Waals surface area contributed by atoms with Gasteiger partial charge in [-0.1, -0.05) is 12.1 Å². The van der Waals surface area contributed by atoms with Crippen LogP contribution in [0.3, 0.4) is 0 Å². The second kappa shape index (κ2) is 5.09. The molecule has 0 saturated heterocycles. The van der Waals surface area contributed by atoms with Gasteiger partial charge in [-0.15, -0.1) is 0 Å². The van der Waals surface area contributed by atoms with E-state index < -0.39 is 11.9 Å². The van der Waals surface area contributed by atoms with Gasteiger partial charge in [-0.05, 0) is 23.6 Å². The Morgan fingerprint density at radius 2 is 2.11 bits per heavy atom. The van der Waals surface area contributed by atoms with Gasteiger partial charge in [0.25, 0.3) is 0 Å². The van der Waals surface area contributed by atoms with Crippen molar-refractivity contribution in [2.45, 2.75) is 19.4 Å². The van der Waals surface area contributed by atoms with Crippen LogP contribution in [-0.2, 0) is 27.3 Å². The highest BCUT2D eigenvalue weighted by molar-refractivity contribution is 6.31. The number of benzene rings is 1. The molecule has 1 aromatic rings. The molecular weight excluding hydrogens is 248 g/mol. The van der Waals surface area contributed by atoms with Crippen molar-refractivity contribution in [3.05, 3.63) is 29.3 Å². The molecule has 0 aliphatic carbocycles. The topological polar surface area (TPSA) is 86.7 Å². The summed E-state index contributed by atoms with van der Waals surface area (Å²) in [6.45, 7) is 0.229. The van der Waals surface area contributed by atoms with Crippen molar-refractivity contribution in [2.24, 2.45) is 0 Å². The van der Waals surface area contributed by atoms with Gasteiger partial charge in [0, 0.05) is 25.7 Å². The molecule has 1 heterocycles. The summed E-state index contributed by atoms with van der Waals surface area (Å²) in [7, 11) is 1.44. The van der Waals surface area contributed by atoms with Crippen LogP contribution < -0.4 is 5.32 Å². The maximum Gasteiger partial charge on any atom is 0.394 e. The van der Waals surface area contributed by atoms with E-state index in [1.54, 1.807) is 12.1 Å². The highest BCUT2D eigenvalue weighted by atomic mass is 16.4. The fourth-order valence-corrected chi connectivity index (χ4v) is 2.04. The van der Waals surface area contributed by atoms with Crippen LogP contribution in [0.5, 0.6) is 0 Å². The zero-order chi connectivity index (χ0) is 14.0. The summed E-state index contributed by atoms with van der Waals surface area (Å²) in [5, 5.41) is 11.4. The second-order valence-corrected chi connectivity index (χ2v) is 4.51. The van der Waals surface area contributed by atoms with Gasteiger partial charge >= 0.3 is 11.9 Å². The average molecular weight is 262 g/mol. The quantitative estimate of drug-likeness (QED) is 0.765. The molecule has 0 fully saturated rings. The number of carboxylic acid groups (broad SMARTS) is 1. The molecule has 0 unspecified atom stereocenters. The minimum Gasteiger partial charge on any atom is -0.474 e. The predicted molar refractivity (Wildman–Crippen MR) is 67.5 cm³/mol. The van der Waals surface area contributed by atoms with Gasteiger partial charge in [0.15, 0.2) is 0 Å². The number of nitrogens with zero attached hydrogens (tertiary/aromatic N) is 1. The maximum absolute atomic E-state index is 11.2. The van der Waals surface area contributed by atoms with Crippen LogP contribution in [0.15, 0.2) is 18.2 Å². The van der Waals surface area contributed by atoms with Crippen LogP contribution in [0.4, 0.5) is 5.69 Å². The van der Waals surface area contributed by atoms with Gasteiger partial charge in [-0.2, -0.15) is 0 Å². The first kappa shape index (κ1) is 13.1. The molecule has 0 saturated carbocycles. The molecule has 2 rings (SSSR count). The van der Waals surface area contributed by atoms with E-state index in [1.807, 2.05) is 6.07 Å². The van der Waals surface area contributed by atoms with E-state index in [-0.39, 0.29) is 12.5 Å². The number of anilines is 1. The van der Waals surface area contributed by atoms with E-state index in [4.69, 9.17) is 5.11 Å². The van der Waals surface area contributed by atoms with E-state index in [0.29, 0.717) is 12.8 Å². The minimum atomic E-state index is -1.47. The van der Waals surface area contributed by atoms with E-state index in [0.717, 1.165) is 21.7 Å². The Morgan fingerprint density at radius 3 is 2.79 bits per heavy atom. The Labute approximate surface area is 110 Å². The molecule has 2 amide bonds. The first-order chi connectivity index (χ1) is 8.97. The molecule has 1 aromatic carbocycles. The van der Waals surface area contributed by atoms with E-state index in [1.165, 1.54) is 7.05 Å². The second-order valence-electron chi connectivity index (χ2n) is 4.51. The molecular formula is C13H14N2O4. The van der Waals surface area contributed by atoms with Crippen molar-refractivity contribution in [1.29, 1.82) is 0 Å². The number of aryl methyl sites for hydroxylation is 1. The molecule has 6 nitrogen and oxygen atoms in total. The molecule has 2 N–H and O–H groups in total. The Kier molecular flexibility index (Phi) is 3.50. The zero-order valence-corrected chi connectivity index (χ0v) is 10.5. The number of carbonyl (C=O) groups is 3. The summed E-state index contributed by atoms with van der Waals surface area (Å²) in [6.07, 6.45) is 1.10. The lowest BCUT2D eigenvalue weighted by Crippen LogP contribution is -2.32. The Morgan fingerprint density at radius 1 is 1.37 bits per heavy atom. The summed E-state index contributed by atoms with van der Waals surface area (Å²) in [6, 6.07) is 5.44. The number of amides is 2. The molecule has 1 aliphatic heterocycles. The molecule has 0 bridgehead atoms. The van der Waals surface area contributed by atoms with Crippen LogP contribution in [0.1, 0.15) is 17.5 Å². The summed E-state index contributed by atoms with van der Waals surface area (Å²) in [5.74, 6) is -2.41. The van der Waals surface area contributed by atoms with Gasteiger partial charge < -0.3 is 15.3 Å². The first-order valence-electron chi connectivity index (χ1n) is 5.87. The third-order valence-electron chi connectivity index (χ3n) is 3.01. The predicted octanol–water partition coefficient (Wildman–Crippen LogP) is 0.614. The average Bonchev–Trinajstić information content (AvgIpc) is 2.37. The van der Waals surface area contributed by atoms with Gasteiger partial charge in [0.2, 0.25) is 5.91 Å². The molecule has 0 aromatic heterocycles. The van der Waals surface area contributed by atoms with Crippen molar-refractivity contribution in [2.75, 3.05) is 12.4 Å². The summed E-state index contributed by atoms with van der Waals surface area (Å²) in [4.78, 5) is 34.2. The number of hydrogen-bond donors (Lipinski definition) is 2. The van der Waals surface area contributed by atoms with Crippen molar-refractivity contribution in [3.63, 3.8) is 0 Å². The van der Waals surface area contributed by atoms with Crippen molar-refractivity contribution >= 4 is 23.5 Å². The molecule has 0 atom stereocenters. The van der Waals surface area contributed by atoms with Crippen molar-refractivity contribution in [1.82, 2.24) is 4.90 Å². The number of fused-ring (bicyclic) bond motifs is 1. The summed E-state index contributed by atoms with van der Waals surface area (Å²) >= 11 is 0. The molecule has 1 aliphatic rings. The standard InChI is InChI=1S/C13H14N2O4/c1-15(12(17)13(18)19)7-8-2-4-10-9(6-8)3-5-11(16)14-10/h2,4,6H,3,5,7H2,1H3,(H,14,16)(H,18,19). The molecule has 0 radical (unpaired) electrons. The van der Waals surface area contributed by atoms with Gasteiger partial charge in [0.05, 0.1) is 0 Å². The first-order valence-corrected chi connectivity index (χ1v) is 5.87. The third-order valence-corrected chi connectivity index (χ3v) is 3.01. The molecule has 100 valence electrons. The fourth-order valence-electron chi connectivity index (χ4n) is 2.04. The Hall–Kier alpha value is -2.37. The van der Waals surface area contributed by atoms with E-state index in [9.17, 15) is 14.4 Å². The zero-order valence-electron chi connectivity index (χ0n) is 10.5. The van der Waals surface area contributed by atoms with Crippen molar-refractivity contribution < 1.29 is 19.5 Å². The number of likely N-dealkylation sites (N-methyl/N-ethyl adjacent to an activating group) is 1. The number of aliphatic carboxylic acids is 1. The monoisotopic (exact) mass is 262 g/mol.